The van der Waals surface area contributed by atoms with Crippen LogP contribution in [0.25, 0.3) is 0 Å². The van der Waals surface area contributed by atoms with Crippen molar-refractivity contribution in [3.63, 3.8) is 0 Å². The van der Waals surface area contributed by atoms with Crippen LogP contribution in [-0.4, -0.2) is 28.5 Å². The topological polar surface area (TPSA) is 118 Å². The Morgan fingerprint density at radius 3 is 2.57 bits per heavy atom. The third-order valence-electron chi connectivity index (χ3n) is 3.13. The number of nitrogens with one attached hydrogen (secondary N) is 1. The first kappa shape index (κ1) is 17.1. The summed E-state index contributed by atoms with van der Waals surface area (Å²) in [7, 11) is 0. The molecule has 1 amide bonds. The molecule has 7 nitrogen and oxygen atoms in total. The number of carbonyl (C=O) groups excluding carboxylic acids is 1. The highest BCUT2D eigenvalue weighted by atomic mass is 16.6. The van der Waals surface area contributed by atoms with Crippen LogP contribution in [0, 0.1) is 15.5 Å². The highest BCUT2D eigenvalue weighted by Gasteiger charge is 2.29. The molecule has 0 aromatic heterocycles. The fourth-order valence-corrected chi connectivity index (χ4v) is 2.03. The van der Waals surface area contributed by atoms with Gasteiger partial charge in [0.2, 0.25) is 5.91 Å². The van der Waals surface area contributed by atoms with Gasteiger partial charge < -0.3 is 16.2 Å². The van der Waals surface area contributed by atoms with E-state index < -0.39 is 28.4 Å². The van der Waals surface area contributed by atoms with Crippen molar-refractivity contribution in [2.24, 2.45) is 11.1 Å². The van der Waals surface area contributed by atoms with Crippen LogP contribution in [0.1, 0.15) is 32.4 Å². The van der Waals surface area contributed by atoms with Gasteiger partial charge in [-0.15, -0.1) is 0 Å². The minimum Gasteiger partial charge on any atom is -0.387 e. The molecule has 4 N–H and O–H groups in total. The van der Waals surface area contributed by atoms with Crippen molar-refractivity contribution in [1.82, 2.24) is 5.32 Å². The normalized spacial score (nSPS) is 14.5. The predicted octanol–water partition coefficient (Wildman–Crippen LogP) is 1.12. The monoisotopic (exact) mass is 295 g/mol. The Labute approximate surface area is 123 Å². The van der Waals surface area contributed by atoms with Crippen molar-refractivity contribution in [3.05, 3.63) is 39.9 Å². The highest BCUT2D eigenvalue weighted by molar-refractivity contribution is 5.80. The second kappa shape index (κ2) is 6.64. The van der Waals surface area contributed by atoms with Crippen LogP contribution < -0.4 is 11.1 Å². The second-order valence-corrected chi connectivity index (χ2v) is 5.98. The van der Waals surface area contributed by atoms with Crippen molar-refractivity contribution in [2.45, 2.75) is 32.9 Å². The molecule has 7 heteroatoms. The molecule has 0 aliphatic rings. The molecule has 0 spiro atoms. The first-order chi connectivity index (χ1) is 9.62. The molecule has 0 heterocycles. The molecule has 0 aliphatic heterocycles. The molecule has 1 aromatic carbocycles. The summed E-state index contributed by atoms with van der Waals surface area (Å²) in [6.45, 7) is 5.64. The maximum absolute atomic E-state index is 11.4. The lowest BCUT2D eigenvalue weighted by atomic mass is 9.86. The number of nitro groups is 1. The second-order valence-electron chi connectivity index (χ2n) is 5.98. The van der Waals surface area contributed by atoms with Gasteiger partial charge in [0.25, 0.3) is 5.69 Å². The number of carbonyl (C=O) groups is 1. The predicted molar refractivity (Wildman–Crippen MR) is 78.5 cm³/mol. The number of non-ortho nitro benzene ring substituents is 1. The standard InChI is InChI=1S/C14H21N3O4/c1-14(2,3)12(13(15)19)16-8-11(18)9-5-4-6-10(7-9)17(20)21/h4-7,11-12,16,18H,8H2,1-3H3,(H2,15,19)/t11?,12-/m1/s1. The molecule has 0 bridgehead atoms. The number of nitrogens with zero attached hydrogens (tertiary/aromatic N) is 1. The van der Waals surface area contributed by atoms with E-state index in [0.717, 1.165) is 0 Å². The van der Waals surface area contributed by atoms with E-state index in [4.69, 9.17) is 5.73 Å². The first-order valence-electron chi connectivity index (χ1n) is 6.58. The molecule has 0 aliphatic carbocycles. The van der Waals surface area contributed by atoms with Crippen LogP contribution in [0.5, 0.6) is 0 Å². The van der Waals surface area contributed by atoms with Gasteiger partial charge in [-0.05, 0) is 11.0 Å². The number of rotatable bonds is 6. The van der Waals surface area contributed by atoms with Gasteiger partial charge in [0.1, 0.15) is 0 Å². The van der Waals surface area contributed by atoms with Crippen LogP contribution in [0.3, 0.4) is 0 Å². The summed E-state index contributed by atoms with van der Waals surface area (Å²) in [6, 6.07) is 5.15. The third kappa shape index (κ3) is 4.80. The van der Waals surface area contributed by atoms with Crippen LogP contribution >= 0.6 is 0 Å². The van der Waals surface area contributed by atoms with E-state index >= 15 is 0 Å². The maximum Gasteiger partial charge on any atom is 0.269 e. The largest absolute Gasteiger partial charge is 0.387 e. The zero-order valence-electron chi connectivity index (χ0n) is 12.4. The van der Waals surface area contributed by atoms with Crippen LogP contribution in [0.15, 0.2) is 24.3 Å². The number of amides is 1. The van der Waals surface area contributed by atoms with Gasteiger partial charge in [0, 0.05) is 18.7 Å². The number of hydrogen-bond acceptors (Lipinski definition) is 5. The number of aliphatic hydroxyl groups excluding tert-OH is 1. The Morgan fingerprint density at radius 1 is 1.48 bits per heavy atom. The summed E-state index contributed by atoms with van der Waals surface area (Å²) in [4.78, 5) is 21.6. The van der Waals surface area contributed by atoms with Gasteiger partial charge >= 0.3 is 0 Å². The molecule has 1 aromatic rings. The number of nitro benzene ring substituents is 1. The average molecular weight is 295 g/mol. The van der Waals surface area contributed by atoms with Crippen molar-refractivity contribution in [1.29, 1.82) is 0 Å². The molecule has 0 fully saturated rings. The van der Waals surface area contributed by atoms with Crippen LogP contribution in [-0.2, 0) is 4.79 Å². The molecule has 116 valence electrons. The summed E-state index contributed by atoms with van der Waals surface area (Å²) in [5.74, 6) is -0.506. The summed E-state index contributed by atoms with van der Waals surface area (Å²) < 4.78 is 0. The zero-order chi connectivity index (χ0) is 16.2. The number of hydrogen-bond donors (Lipinski definition) is 3. The summed E-state index contributed by atoms with van der Waals surface area (Å²) in [5.41, 5.74) is 5.27. The smallest absolute Gasteiger partial charge is 0.269 e. The van der Waals surface area contributed by atoms with E-state index in [1.54, 1.807) is 6.07 Å². The average Bonchev–Trinajstić information content (AvgIpc) is 2.36. The number of aliphatic hydroxyl groups is 1. The number of benzene rings is 1. The van der Waals surface area contributed by atoms with E-state index in [2.05, 4.69) is 5.32 Å². The minimum atomic E-state index is -0.964. The number of nitrogens with two attached hydrogens (primary N) is 1. The van der Waals surface area contributed by atoms with E-state index in [0.29, 0.717) is 5.56 Å². The Morgan fingerprint density at radius 2 is 2.10 bits per heavy atom. The summed E-state index contributed by atoms with van der Waals surface area (Å²) in [5, 5.41) is 23.7. The molecule has 2 atom stereocenters. The minimum absolute atomic E-state index is 0.0754. The lowest BCUT2D eigenvalue weighted by molar-refractivity contribution is -0.385. The number of primary amides is 1. The van der Waals surface area contributed by atoms with Gasteiger partial charge in [-0.3, -0.25) is 14.9 Å². The van der Waals surface area contributed by atoms with Gasteiger partial charge in [-0.1, -0.05) is 32.9 Å². The fraction of sp³-hybridized carbons (Fsp3) is 0.500. The van der Waals surface area contributed by atoms with Gasteiger partial charge in [0.15, 0.2) is 0 Å². The quantitative estimate of drug-likeness (QED) is 0.536. The summed E-state index contributed by atoms with van der Waals surface area (Å²) in [6.07, 6.45) is -0.964. The third-order valence-corrected chi connectivity index (χ3v) is 3.13. The van der Waals surface area contributed by atoms with Crippen molar-refractivity contribution in [3.8, 4) is 0 Å². The SMILES string of the molecule is CC(C)(C)[C@H](NCC(O)c1cccc([N+](=O)[O-])c1)C(N)=O. The van der Waals surface area contributed by atoms with E-state index in [-0.39, 0.29) is 12.2 Å². The van der Waals surface area contributed by atoms with Gasteiger partial charge in [0.05, 0.1) is 17.1 Å². The van der Waals surface area contributed by atoms with Crippen LogP contribution in [0.2, 0.25) is 0 Å². The Bertz CT molecular complexity index is 525. The molecular formula is C14H21N3O4. The summed E-state index contributed by atoms with van der Waals surface area (Å²) >= 11 is 0. The maximum atomic E-state index is 11.4. The van der Waals surface area contributed by atoms with Crippen molar-refractivity contribution < 1.29 is 14.8 Å². The lowest BCUT2D eigenvalue weighted by Gasteiger charge is -2.29. The van der Waals surface area contributed by atoms with Crippen LogP contribution in [0.4, 0.5) is 5.69 Å². The Kier molecular flexibility index (Phi) is 5.40. The molecule has 1 rings (SSSR count). The Balaban J connectivity index is 2.77. The molecule has 0 saturated heterocycles. The molecule has 1 unspecified atom stereocenters. The highest BCUT2D eigenvalue weighted by Crippen LogP contribution is 2.21. The van der Waals surface area contributed by atoms with Crippen molar-refractivity contribution >= 4 is 11.6 Å². The van der Waals surface area contributed by atoms with E-state index in [1.807, 2.05) is 20.8 Å². The van der Waals surface area contributed by atoms with Gasteiger partial charge in [-0.25, -0.2) is 0 Å². The van der Waals surface area contributed by atoms with E-state index in [9.17, 15) is 20.0 Å². The van der Waals surface area contributed by atoms with Crippen molar-refractivity contribution in [2.75, 3.05) is 6.54 Å². The molecule has 0 saturated carbocycles. The first-order valence-corrected chi connectivity index (χ1v) is 6.58. The Hall–Kier alpha value is -1.99. The molecular weight excluding hydrogens is 274 g/mol. The molecule has 0 radical (unpaired) electrons. The lowest BCUT2D eigenvalue weighted by Crippen LogP contribution is -2.50. The van der Waals surface area contributed by atoms with E-state index in [1.165, 1.54) is 18.2 Å². The van der Waals surface area contributed by atoms with Gasteiger partial charge in [-0.2, -0.15) is 0 Å². The fourth-order valence-electron chi connectivity index (χ4n) is 2.03. The zero-order valence-corrected chi connectivity index (χ0v) is 12.4. The molecule has 21 heavy (non-hydrogen) atoms.